The van der Waals surface area contributed by atoms with Crippen molar-refractivity contribution in [3.05, 3.63) is 23.8 Å². The van der Waals surface area contributed by atoms with Gasteiger partial charge in [-0.05, 0) is 44.1 Å². The fourth-order valence-electron chi connectivity index (χ4n) is 2.95. The summed E-state index contributed by atoms with van der Waals surface area (Å²) in [4.78, 5) is 26.0. The Hall–Kier alpha value is -2.08. The Labute approximate surface area is 136 Å². The van der Waals surface area contributed by atoms with E-state index in [4.69, 9.17) is 14.6 Å². The summed E-state index contributed by atoms with van der Waals surface area (Å²) in [5.74, 6) is -0.668. The molecule has 126 valence electrons. The fourth-order valence-corrected chi connectivity index (χ4v) is 2.95. The quantitative estimate of drug-likeness (QED) is 0.739. The van der Waals surface area contributed by atoms with Crippen molar-refractivity contribution in [3.63, 3.8) is 0 Å². The van der Waals surface area contributed by atoms with Crippen LogP contribution in [0.15, 0.2) is 18.2 Å². The van der Waals surface area contributed by atoms with E-state index in [-0.39, 0.29) is 12.2 Å². The van der Waals surface area contributed by atoms with Crippen LogP contribution in [0.3, 0.4) is 0 Å². The summed E-state index contributed by atoms with van der Waals surface area (Å²) < 4.78 is 10.4. The number of carbonyl (C=O) groups is 2. The molecule has 0 bridgehead atoms. The highest BCUT2D eigenvalue weighted by atomic mass is 16.5. The van der Waals surface area contributed by atoms with Gasteiger partial charge in [0, 0.05) is 18.0 Å². The molecule has 1 aromatic rings. The predicted molar refractivity (Wildman–Crippen MR) is 85.3 cm³/mol. The number of hydrogen-bond acceptors (Lipinski definition) is 5. The van der Waals surface area contributed by atoms with Gasteiger partial charge in [0.05, 0.1) is 20.6 Å². The molecule has 1 aromatic carbocycles. The number of carboxylic acids is 1. The molecule has 1 saturated heterocycles. The molecule has 1 unspecified atom stereocenters. The average molecular weight is 321 g/mol. The van der Waals surface area contributed by atoms with Crippen LogP contribution < -0.4 is 9.47 Å². The maximum Gasteiger partial charge on any atom is 0.304 e. The molecule has 1 N–H and O–H groups in total. The van der Waals surface area contributed by atoms with Crippen molar-refractivity contribution in [1.29, 1.82) is 0 Å². The van der Waals surface area contributed by atoms with Crippen molar-refractivity contribution in [3.8, 4) is 11.5 Å². The maximum atomic E-state index is 12.7. The highest BCUT2D eigenvalue weighted by Crippen LogP contribution is 2.29. The molecule has 0 spiro atoms. The summed E-state index contributed by atoms with van der Waals surface area (Å²) in [6.07, 6.45) is 2.04. The van der Waals surface area contributed by atoms with E-state index in [9.17, 15) is 9.59 Å². The smallest absolute Gasteiger partial charge is 0.304 e. The molecule has 1 aliphatic heterocycles. The largest absolute Gasteiger partial charge is 0.493 e. The highest BCUT2D eigenvalue weighted by molar-refractivity contribution is 6.00. The summed E-state index contributed by atoms with van der Waals surface area (Å²) in [6, 6.07) is 4.93. The number of hydrogen-bond donors (Lipinski definition) is 1. The number of likely N-dealkylation sites (tertiary alicyclic amines) is 1. The van der Waals surface area contributed by atoms with Crippen LogP contribution in [0.2, 0.25) is 0 Å². The minimum absolute atomic E-state index is 0.163. The molecule has 0 amide bonds. The van der Waals surface area contributed by atoms with Gasteiger partial charge in [-0.25, -0.2) is 0 Å². The van der Waals surface area contributed by atoms with Gasteiger partial charge in [-0.2, -0.15) is 0 Å². The Kier molecular flexibility index (Phi) is 5.98. The zero-order valence-electron chi connectivity index (χ0n) is 13.6. The van der Waals surface area contributed by atoms with Crippen LogP contribution in [-0.2, 0) is 4.79 Å². The monoisotopic (exact) mass is 321 g/mol. The summed E-state index contributed by atoms with van der Waals surface area (Å²) in [6.45, 7) is 2.34. The predicted octanol–water partition coefficient (Wildman–Crippen LogP) is 2.07. The molecule has 6 heteroatoms. The lowest BCUT2D eigenvalue weighted by Gasteiger charge is -2.21. The van der Waals surface area contributed by atoms with Crippen molar-refractivity contribution >= 4 is 11.8 Å². The number of carboxylic acid groups (broad SMARTS) is 1. The summed E-state index contributed by atoms with van der Waals surface area (Å²) in [5, 5.41) is 9.12. The zero-order valence-corrected chi connectivity index (χ0v) is 13.6. The normalized spacial score (nSPS) is 16.1. The molecule has 0 saturated carbocycles. The van der Waals surface area contributed by atoms with Crippen molar-refractivity contribution in [2.75, 3.05) is 33.9 Å². The van der Waals surface area contributed by atoms with E-state index in [0.29, 0.717) is 23.6 Å². The second-order valence-corrected chi connectivity index (χ2v) is 5.74. The first-order valence-electron chi connectivity index (χ1n) is 7.75. The van der Waals surface area contributed by atoms with E-state index in [1.807, 2.05) is 0 Å². The molecule has 0 aromatic heterocycles. The number of Topliss-reactive ketones (excluding diaryl/α,β-unsaturated/α-hetero) is 1. The van der Waals surface area contributed by atoms with Crippen LogP contribution in [0.1, 0.15) is 29.6 Å². The van der Waals surface area contributed by atoms with Crippen LogP contribution >= 0.6 is 0 Å². The van der Waals surface area contributed by atoms with Gasteiger partial charge >= 0.3 is 5.97 Å². The topological polar surface area (TPSA) is 76.1 Å². The molecular formula is C17H23NO5. The fraction of sp³-hybridized carbons (Fsp3) is 0.529. The van der Waals surface area contributed by atoms with Crippen LogP contribution in [0.5, 0.6) is 11.5 Å². The van der Waals surface area contributed by atoms with Gasteiger partial charge in [-0.15, -0.1) is 0 Å². The SMILES string of the molecule is COc1ccc(C(=O)C(CC(=O)O)CN2CCCC2)cc1OC. The Morgan fingerprint density at radius 3 is 2.39 bits per heavy atom. The van der Waals surface area contributed by atoms with E-state index < -0.39 is 11.9 Å². The molecule has 1 fully saturated rings. The number of methoxy groups -OCH3 is 2. The third-order valence-corrected chi connectivity index (χ3v) is 4.14. The number of ketones is 1. The van der Waals surface area contributed by atoms with Crippen LogP contribution in [0, 0.1) is 5.92 Å². The minimum Gasteiger partial charge on any atom is -0.493 e. The van der Waals surface area contributed by atoms with Crippen LogP contribution in [0.25, 0.3) is 0 Å². The minimum atomic E-state index is -0.956. The number of benzene rings is 1. The molecule has 0 radical (unpaired) electrons. The second-order valence-electron chi connectivity index (χ2n) is 5.74. The third-order valence-electron chi connectivity index (χ3n) is 4.14. The number of aliphatic carboxylic acids is 1. The number of rotatable bonds is 8. The number of nitrogens with zero attached hydrogens (tertiary/aromatic N) is 1. The number of ether oxygens (including phenoxy) is 2. The van der Waals surface area contributed by atoms with Gasteiger partial charge < -0.3 is 19.5 Å². The first-order chi connectivity index (χ1) is 11.0. The standard InChI is InChI=1S/C17H23NO5/c1-22-14-6-5-12(9-15(14)23-2)17(21)13(10-16(19)20)11-18-7-3-4-8-18/h5-6,9,13H,3-4,7-8,10-11H2,1-2H3,(H,19,20). The summed E-state index contributed by atoms with van der Waals surface area (Å²) in [7, 11) is 3.03. The molecular weight excluding hydrogens is 298 g/mol. The van der Waals surface area contributed by atoms with Gasteiger partial charge in [0.15, 0.2) is 17.3 Å². The Morgan fingerprint density at radius 1 is 1.17 bits per heavy atom. The molecule has 0 aliphatic carbocycles. The average Bonchev–Trinajstić information content (AvgIpc) is 3.05. The van der Waals surface area contributed by atoms with Gasteiger partial charge in [0.2, 0.25) is 0 Å². The van der Waals surface area contributed by atoms with Crippen molar-refractivity contribution in [2.45, 2.75) is 19.3 Å². The molecule has 6 nitrogen and oxygen atoms in total. The Morgan fingerprint density at radius 2 is 1.83 bits per heavy atom. The Bertz CT molecular complexity index is 566. The van der Waals surface area contributed by atoms with Crippen molar-refractivity contribution in [2.24, 2.45) is 5.92 Å². The lowest BCUT2D eigenvalue weighted by atomic mass is 9.93. The van der Waals surface area contributed by atoms with E-state index in [1.54, 1.807) is 18.2 Å². The van der Waals surface area contributed by atoms with Gasteiger partial charge in [-0.3, -0.25) is 9.59 Å². The second kappa shape index (κ2) is 7.97. The van der Waals surface area contributed by atoms with Crippen molar-refractivity contribution < 1.29 is 24.2 Å². The highest BCUT2D eigenvalue weighted by Gasteiger charge is 2.27. The zero-order chi connectivity index (χ0) is 16.8. The lowest BCUT2D eigenvalue weighted by Crippen LogP contribution is -2.32. The molecule has 1 atom stereocenters. The lowest BCUT2D eigenvalue weighted by molar-refractivity contribution is -0.137. The molecule has 23 heavy (non-hydrogen) atoms. The van der Waals surface area contributed by atoms with Crippen molar-refractivity contribution in [1.82, 2.24) is 4.90 Å². The van der Waals surface area contributed by atoms with Crippen LogP contribution in [0.4, 0.5) is 0 Å². The molecule has 1 heterocycles. The summed E-state index contributed by atoms with van der Waals surface area (Å²) in [5.41, 5.74) is 0.452. The Balaban J connectivity index is 2.19. The maximum absolute atomic E-state index is 12.7. The van der Waals surface area contributed by atoms with Gasteiger partial charge in [0.25, 0.3) is 0 Å². The van der Waals surface area contributed by atoms with E-state index >= 15 is 0 Å². The first kappa shape index (κ1) is 17.3. The van der Waals surface area contributed by atoms with Crippen LogP contribution in [-0.4, -0.2) is 55.6 Å². The number of carbonyl (C=O) groups excluding carboxylic acids is 1. The molecule has 2 rings (SSSR count). The van der Waals surface area contributed by atoms with E-state index in [0.717, 1.165) is 25.9 Å². The van der Waals surface area contributed by atoms with E-state index in [1.165, 1.54) is 14.2 Å². The third kappa shape index (κ3) is 4.45. The van der Waals surface area contributed by atoms with Gasteiger partial charge in [0.1, 0.15) is 0 Å². The van der Waals surface area contributed by atoms with Gasteiger partial charge in [-0.1, -0.05) is 0 Å². The summed E-state index contributed by atoms with van der Waals surface area (Å²) >= 11 is 0. The van der Waals surface area contributed by atoms with E-state index in [2.05, 4.69) is 4.90 Å². The molecule has 1 aliphatic rings. The first-order valence-corrected chi connectivity index (χ1v) is 7.75.